The second-order valence-corrected chi connectivity index (χ2v) is 26.4. The summed E-state index contributed by atoms with van der Waals surface area (Å²) in [5, 5.41) is 5.54. The molecular formula is C90H88N8O4+4. The number of hydrogen-bond acceptors (Lipinski definition) is 8. The zero-order valence-corrected chi connectivity index (χ0v) is 59.0. The first-order valence-corrected chi connectivity index (χ1v) is 33.4. The summed E-state index contributed by atoms with van der Waals surface area (Å²) in [7, 11) is 7.43. The molecule has 12 aromatic heterocycles. The number of rotatable bonds is 6. The molecule has 17 aromatic rings. The summed E-state index contributed by atoms with van der Waals surface area (Å²) < 4.78 is 183. The van der Waals surface area contributed by atoms with Crippen molar-refractivity contribution in [1.29, 1.82) is 0 Å². The highest BCUT2D eigenvalue weighted by atomic mass is 16.4. The topological polar surface area (TPSA) is 120 Å². The third-order valence-electron chi connectivity index (χ3n) is 18.9. The number of benzene rings is 5. The van der Waals surface area contributed by atoms with Crippen molar-refractivity contribution < 1.29 is 62.0 Å². The quantitative estimate of drug-likeness (QED) is 0.151. The van der Waals surface area contributed by atoms with Crippen molar-refractivity contribution in [2.45, 2.75) is 109 Å². The molecule has 0 amide bonds. The van der Waals surface area contributed by atoms with Gasteiger partial charge in [-0.15, -0.1) is 0 Å². The van der Waals surface area contributed by atoms with E-state index in [0.29, 0.717) is 105 Å². The van der Waals surface area contributed by atoms with Crippen LogP contribution < -0.4 is 18.3 Å². The van der Waals surface area contributed by atoms with Crippen molar-refractivity contribution >= 4 is 88.3 Å². The molecule has 0 saturated carbocycles. The van der Waals surface area contributed by atoms with Gasteiger partial charge in [0.2, 0.25) is 45.6 Å². The fourth-order valence-corrected chi connectivity index (χ4v) is 13.8. The number of furan rings is 4. The van der Waals surface area contributed by atoms with Gasteiger partial charge in [0.15, 0.2) is 47.1 Å². The minimum absolute atomic E-state index is 0.176. The van der Waals surface area contributed by atoms with Crippen LogP contribution >= 0.6 is 0 Å². The van der Waals surface area contributed by atoms with Gasteiger partial charge in [-0.2, -0.15) is 0 Å². The number of aryl methyl sites for hydroxylation is 17. The molecule has 17 rings (SSSR count). The van der Waals surface area contributed by atoms with E-state index in [1.807, 2.05) is 101 Å². The maximum atomic E-state index is 8.51. The van der Waals surface area contributed by atoms with Crippen LogP contribution in [0.2, 0.25) is 0 Å². The summed E-state index contributed by atoms with van der Waals surface area (Å²) in [5.41, 5.74) is 20.4. The Kier molecular flexibility index (Phi) is 12.7. The lowest BCUT2D eigenvalue weighted by Gasteiger charge is -2.10. The van der Waals surface area contributed by atoms with Crippen LogP contribution in [-0.2, 0) is 28.2 Å². The van der Waals surface area contributed by atoms with E-state index in [0.717, 1.165) is 72.8 Å². The molecule has 1 atom stereocenters. The average Bonchev–Trinajstić information content (AvgIpc) is 1.57. The lowest BCUT2D eigenvalue weighted by Crippen LogP contribution is -2.31. The Morgan fingerprint density at radius 2 is 0.853 bits per heavy atom. The lowest BCUT2D eigenvalue weighted by molar-refractivity contribution is -0.660. The molecule has 0 spiro atoms. The summed E-state index contributed by atoms with van der Waals surface area (Å²) >= 11 is 0. The van der Waals surface area contributed by atoms with E-state index in [4.69, 9.17) is 43.7 Å². The smallest absolute Gasteiger partial charge is 0.227 e. The van der Waals surface area contributed by atoms with Gasteiger partial charge < -0.3 is 17.7 Å². The number of hydrogen-bond donors (Lipinski definition) is 0. The van der Waals surface area contributed by atoms with Crippen LogP contribution in [-0.4, -0.2) is 19.9 Å². The van der Waals surface area contributed by atoms with Crippen molar-refractivity contribution in [2.24, 2.45) is 28.2 Å². The van der Waals surface area contributed by atoms with Gasteiger partial charge in [0.25, 0.3) is 0 Å². The van der Waals surface area contributed by atoms with Crippen LogP contribution in [0.4, 0.5) is 0 Å². The predicted molar refractivity (Wildman–Crippen MR) is 414 cm³/mol. The van der Waals surface area contributed by atoms with Gasteiger partial charge in [-0.1, -0.05) is 74.4 Å². The third-order valence-corrected chi connectivity index (χ3v) is 18.9. The summed E-state index contributed by atoms with van der Waals surface area (Å²) in [6.07, 6.45) is 8.81. The standard InChI is InChI=1S/C24H19N2O.C23H25N2O.C22H23N2O.C21H21N2O/c1-16-10-12-19-20-9-6-14-25-24(20)27-23(19)22(16)21-13-11-18(15-26(21)2)17-7-4-3-5-8-17;1-13(2)17-9-10-25(6)19(12-17)21-15(4)11-14(3)20-18-8-7-16(5)24-23(18)26-22(20)21;1-12-10-18(24(6)11-15(12)4)20-14(3)9-13(2)19-17-8-7-16(5)23-22(17)25-21(19)20;1-12-6-9-17(23(5)11-12)19-14(3)10-13(2)18-16-8-7-15(4)22-21(16)24-20(18)19/h3-15H,1-2H3;7-13H,1-6H3;7-11H,1-6H3;6-11H,1-5H3/q4*+1/i;1D3,3D3,13D;2D3,4D3;1D3,2D3. The molecule has 0 aliphatic rings. The fourth-order valence-electron chi connectivity index (χ4n) is 13.8. The molecule has 0 aliphatic heterocycles. The molecule has 0 bridgehead atoms. The normalized spacial score (nSPS) is 15.6. The van der Waals surface area contributed by atoms with Gasteiger partial charge in [0.05, 0.1) is 22.3 Å². The Morgan fingerprint density at radius 1 is 0.363 bits per heavy atom. The first-order chi connectivity index (χ1) is 56.5. The average molecular weight is 1360 g/mol. The van der Waals surface area contributed by atoms with Crippen molar-refractivity contribution in [3.8, 4) is 56.2 Å². The first-order valence-electron chi connectivity index (χ1n) is 42.9. The molecule has 1 unspecified atom stereocenters. The maximum absolute atomic E-state index is 8.51. The fraction of sp³-hybridized carbons (Fsp3) is 0.222. The molecule has 12 heteroatoms. The molecule has 0 saturated heterocycles. The van der Waals surface area contributed by atoms with Crippen LogP contribution in [0.3, 0.4) is 0 Å². The van der Waals surface area contributed by atoms with E-state index in [1.54, 1.807) is 104 Å². The van der Waals surface area contributed by atoms with Crippen molar-refractivity contribution in [1.82, 2.24) is 19.9 Å². The van der Waals surface area contributed by atoms with Crippen LogP contribution in [0, 0.1) is 89.6 Å². The monoisotopic (exact) mass is 1360 g/mol. The van der Waals surface area contributed by atoms with Gasteiger partial charge in [-0.25, -0.2) is 38.2 Å². The van der Waals surface area contributed by atoms with Crippen LogP contribution in [0.5, 0.6) is 0 Å². The predicted octanol–water partition coefficient (Wildman–Crippen LogP) is 20.7. The second kappa shape index (κ2) is 26.9. The number of pyridine rings is 8. The molecular weight excluding hydrogens is 1260 g/mol. The Morgan fingerprint density at radius 3 is 1.37 bits per heavy atom. The maximum Gasteiger partial charge on any atom is 0.227 e. The minimum atomic E-state index is -2.53. The molecule has 102 heavy (non-hydrogen) atoms. The van der Waals surface area contributed by atoms with Crippen LogP contribution in [0.15, 0.2) is 200 Å². The highest BCUT2D eigenvalue weighted by molar-refractivity contribution is 6.13. The molecule has 12 nitrogen and oxygen atoms in total. The van der Waals surface area contributed by atoms with Gasteiger partial charge in [-0.05, 0) is 212 Å². The van der Waals surface area contributed by atoms with Crippen LogP contribution in [0.1, 0.15) is 124 Å². The Labute approximate surface area is 622 Å². The van der Waals surface area contributed by atoms with Gasteiger partial charge in [0, 0.05) is 139 Å². The molecule has 0 N–H and O–H groups in total. The zero-order chi connectivity index (χ0) is 87.8. The molecule has 0 fully saturated rings. The van der Waals surface area contributed by atoms with Crippen LogP contribution in [0.25, 0.3) is 144 Å². The number of nitrogens with zero attached hydrogens (tertiary/aromatic N) is 8. The summed E-state index contributed by atoms with van der Waals surface area (Å²) in [4.78, 5) is 17.7. The largest absolute Gasteiger partial charge is 0.437 e. The SMILES string of the molecule is Cc1ccc2c(oc3ncccc32)c1-c1ccc(-c2ccccc2)c[n+]1C.[2H]C([2H])([2H])c1c[n+](C)c(-c2c(C)cc(C([2H])([2H])[2H])c3c2oc2nc(C)ccc23)cc1C.[2H]C([2H])([2H])c1cc(C)c(-c2cc(C([2H])(C)C([2H])([2H])[2H])cc[n+]2C)c2oc3nc(C)ccc3c12.[2H]C([2H])([2H])c1ccc(-c2c(C)cc(C([2H])([2H])[2H])c3c2oc2nc(C)ccc23)[n+](C)c1. The van der Waals surface area contributed by atoms with Gasteiger partial charge in [-0.3, -0.25) is 0 Å². The Hall–Kier alpha value is -11.5. The summed E-state index contributed by atoms with van der Waals surface area (Å²) in [6, 6.07) is 47.4. The minimum Gasteiger partial charge on any atom is -0.437 e. The van der Waals surface area contributed by atoms with Gasteiger partial charge >= 0.3 is 0 Å². The second-order valence-electron chi connectivity index (χ2n) is 26.4. The van der Waals surface area contributed by atoms with Crippen molar-refractivity contribution in [3.05, 3.63) is 261 Å². The molecule has 5 aromatic carbocycles. The number of aromatic nitrogens is 8. The Bertz CT molecular complexity index is 7010. The lowest BCUT2D eigenvalue weighted by atomic mass is 9.95. The Balaban J connectivity index is 0.000000132. The molecule has 508 valence electrons. The molecule has 0 radical (unpaired) electrons. The highest BCUT2D eigenvalue weighted by Crippen LogP contribution is 2.43. The third kappa shape index (κ3) is 12.3. The molecule has 12 heterocycles. The summed E-state index contributed by atoms with van der Waals surface area (Å²) in [6.45, 7) is 2.25. The first kappa shape index (κ1) is 48.3. The van der Waals surface area contributed by atoms with Crippen molar-refractivity contribution in [3.63, 3.8) is 0 Å². The van der Waals surface area contributed by atoms with Crippen molar-refractivity contribution in [2.75, 3.05) is 0 Å². The van der Waals surface area contributed by atoms with Gasteiger partial charge in [0.1, 0.15) is 28.2 Å². The molecule has 0 aliphatic carbocycles. The van der Waals surface area contributed by atoms with E-state index in [1.165, 1.54) is 23.6 Å². The highest BCUT2D eigenvalue weighted by Gasteiger charge is 2.28. The summed E-state index contributed by atoms with van der Waals surface area (Å²) in [5.74, 6) is -1.83. The van der Waals surface area contributed by atoms with E-state index in [2.05, 4.69) is 99.3 Å². The zero-order valence-electron chi connectivity index (χ0n) is 78.0. The van der Waals surface area contributed by atoms with E-state index in [9.17, 15) is 0 Å². The van der Waals surface area contributed by atoms with E-state index < -0.39 is 47.0 Å². The number of fused-ring (bicyclic) bond motifs is 12. The van der Waals surface area contributed by atoms with E-state index >= 15 is 0 Å². The van der Waals surface area contributed by atoms with E-state index in [-0.39, 0.29) is 27.8 Å².